The predicted molar refractivity (Wildman–Crippen MR) is 80.8 cm³/mol. The maximum atomic E-state index is 13.8. The van der Waals surface area contributed by atoms with Crippen LogP contribution in [0.1, 0.15) is 50.5 Å². The Bertz CT molecular complexity index is 436. The highest BCUT2D eigenvalue weighted by molar-refractivity contribution is 5.47. The fourth-order valence-electron chi connectivity index (χ4n) is 3.95. The molecule has 1 saturated heterocycles. The number of hydrogen-bond donors (Lipinski definition) is 1. The van der Waals surface area contributed by atoms with Gasteiger partial charge in [0.15, 0.2) is 0 Å². The van der Waals surface area contributed by atoms with Crippen LogP contribution in [-0.2, 0) is 6.54 Å². The summed E-state index contributed by atoms with van der Waals surface area (Å²) in [4.78, 5) is 2.37. The van der Waals surface area contributed by atoms with Crippen LogP contribution < -0.4 is 5.73 Å². The molecule has 1 aliphatic heterocycles. The largest absolute Gasteiger partial charge is 0.398 e. The highest BCUT2D eigenvalue weighted by Gasteiger charge is 2.35. The minimum Gasteiger partial charge on any atom is -0.398 e. The molecule has 1 spiro atoms. The summed E-state index contributed by atoms with van der Waals surface area (Å²) in [5, 5.41) is 0. The summed E-state index contributed by atoms with van der Waals surface area (Å²) in [5.74, 6) is -0.164. The molecule has 20 heavy (non-hydrogen) atoms. The van der Waals surface area contributed by atoms with Gasteiger partial charge in [-0.3, -0.25) is 4.90 Å². The molecule has 1 saturated carbocycles. The van der Waals surface area contributed by atoms with Gasteiger partial charge in [0.1, 0.15) is 5.82 Å². The number of piperidine rings is 1. The van der Waals surface area contributed by atoms with Crippen LogP contribution >= 0.6 is 0 Å². The summed E-state index contributed by atoms with van der Waals surface area (Å²) in [6.07, 6.45) is 9.59. The van der Waals surface area contributed by atoms with Crippen LogP contribution in [0.3, 0.4) is 0 Å². The average Bonchev–Trinajstić information content (AvgIpc) is 2.46. The topological polar surface area (TPSA) is 29.3 Å². The van der Waals surface area contributed by atoms with Crippen molar-refractivity contribution in [2.75, 3.05) is 18.8 Å². The lowest BCUT2D eigenvalue weighted by Gasteiger charge is -2.44. The van der Waals surface area contributed by atoms with E-state index in [9.17, 15) is 4.39 Å². The molecular formula is C17H25FN2. The first-order valence-electron chi connectivity index (χ1n) is 7.94. The van der Waals surface area contributed by atoms with Gasteiger partial charge in [-0.25, -0.2) is 4.39 Å². The number of anilines is 1. The summed E-state index contributed by atoms with van der Waals surface area (Å²) in [5.41, 5.74) is 7.77. The first kappa shape index (κ1) is 13.9. The molecule has 0 radical (unpaired) electrons. The molecule has 3 rings (SSSR count). The van der Waals surface area contributed by atoms with E-state index in [1.807, 2.05) is 0 Å². The predicted octanol–water partition coefficient (Wildman–Crippen LogP) is 3.95. The summed E-state index contributed by atoms with van der Waals surface area (Å²) < 4.78 is 13.8. The van der Waals surface area contributed by atoms with Gasteiger partial charge in [0.05, 0.1) is 0 Å². The van der Waals surface area contributed by atoms with Crippen LogP contribution in [0.5, 0.6) is 0 Å². The van der Waals surface area contributed by atoms with Crippen LogP contribution in [0.4, 0.5) is 10.1 Å². The number of nitrogens with two attached hydrogens (primary N) is 1. The summed E-state index contributed by atoms with van der Waals surface area (Å²) >= 11 is 0. The zero-order valence-corrected chi connectivity index (χ0v) is 12.2. The van der Waals surface area contributed by atoms with Gasteiger partial charge in [0.25, 0.3) is 0 Å². The van der Waals surface area contributed by atoms with E-state index >= 15 is 0 Å². The first-order chi connectivity index (χ1) is 9.69. The smallest absolute Gasteiger partial charge is 0.129 e. The van der Waals surface area contributed by atoms with E-state index in [1.165, 1.54) is 51.0 Å². The quantitative estimate of drug-likeness (QED) is 0.829. The number of benzene rings is 1. The van der Waals surface area contributed by atoms with E-state index in [0.717, 1.165) is 13.1 Å². The minimum absolute atomic E-state index is 0.164. The summed E-state index contributed by atoms with van der Waals surface area (Å²) in [7, 11) is 0. The van der Waals surface area contributed by atoms with Crippen molar-refractivity contribution in [3.8, 4) is 0 Å². The van der Waals surface area contributed by atoms with Crippen LogP contribution in [0.15, 0.2) is 18.2 Å². The Kier molecular flexibility index (Phi) is 3.97. The van der Waals surface area contributed by atoms with Crippen molar-refractivity contribution < 1.29 is 4.39 Å². The van der Waals surface area contributed by atoms with Crippen molar-refractivity contribution >= 4 is 5.69 Å². The molecule has 0 unspecified atom stereocenters. The monoisotopic (exact) mass is 276 g/mol. The first-order valence-corrected chi connectivity index (χ1v) is 7.94. The lowest BCUT2D eigenvalue weighted by molar-refractivity contribution is 0.0637. The Hall–Kier alpha value is -1.09. The van der Waals surface area contributed by atoms with Gasteiger partial charge < -0.3 is 5.73 Å². The maximum Gasteiger partial charge on any atom is 0.129 e. The third kappa shape index (κ3) is 2.83. The van der Waals surface area contributed by atoms with Gasteiger partial charge in [0, 0.05) is 17.8 Å². The van der Waals surface area contributed by atoms with E-state index in [0.29, 0.717) is 23.2 Å². The molecule has 0 amide bonds. The molecule has 1 aromatic rings. The van der Waals surface area contributed by atoms with Crippen LogP contribution in [-0.4, -0.2) is 18.0 Å². The standard InChI is InChI=1S/C17H25FN2/c18-15-5-4-6-16(19)14(15)13-20-11-9-17(10-12-20)7-2-1-3-8-17/h4-6H,1-3,7-13,19H2. The lowest BCUT2D eigenvalue weighted by Crippen LogP contribution is -2.40. The maximum absolute atomic E-state index is 13.8. The normalized spacial score (nSPS) is 23.1. The minimum atomic E-state index is -0.164. The number of halogens is 1. The number of hydrogen-bond acceptors (Lipinski definition) is 2. The van der Waals surface area contributed by atoms with E-state index in [-0.39, 0.29) is 5.82 Å². The molecule has 2 aliphatic rings. The number of rotatable bonds is 2. The van der Waals surface area contributed by atoms with Crippen molar-refractivity contribution in [1.82, 2.24) is 4.90 Å². The fraction of sp³-hybridized carbons (Fsp3) is 0.647. The molecule has 110 valence electrons. The third-order valence-corrected chi connectivity index (χ3v) is 5.37. The average molecular weight is 276 g/mol. The highest BCUT2D eigenvalue weighted by atomic mass is 19.1. The molecule has 1 aromatic carbocycles. The summed E-state index contributed by atoms with van der Waals surface area (Å²) in [6.45, 7) is 2.84. The van der Waals surface area contributed by atoms with Gasteiger partial charge >= 0.3 is 0 Å². The number of likely N-dealkylation sites (tertiary alicyclic amines) is 1. The van der Waals surface area contributed by atoms with Crippen molar-refractivity contribution in [2.24, 2.45) is 5.41 Å². The molecule has 2 nitrogen and oxygen atoms in total. The van der Waals surface area contributed by atoms with Crippen molar-refractivity contribution in [1.29, 1.82) is 0 Å². The van der Waals surface area contributed by atoms with E-state index in [1.54, 1.807) is 12.1 Å². The van der Waals surface area contributed by atoms with Gasteiger partial charge in [-0.05, 0) is 56.3 Å². The van der Waals surface area contributed by atoms with Gasteiger partial charge in [-0.2, -0.15) is 0 Å². The summed E-state index contributed by atoms with van der Waals surface area (Å²) in [6, 6.07) is 4.99. The molecule has 0 atom stereocenters. The molecular weight excluding hydrogens is 251 g/mol. The molecule has 1 heterocycles. The molecule has 0 aromatic heterocycles. The second kappa shape index (κ2) is 5.72. The van der Waals surface area contributed by atoms with Gasteiger partial charge in [-0.1, -0.05) is 25.3 Å². The third-order valence-electron chi connectivity index (χ3n) is 5.37. The van der Waals surface area contributed by atoms with Gasteiger partial charge in [0.2, 0.25) is 0 Å². The SMILES string of the molecule is Nc1cccc(F)c1CN1CCC2(CCCCC2)CC1. The Labute approximate surface area is 121 Å². The fourth-order valence-corrected chi connectivity index (χ4v) is 3.95. The Balaban J connectivity index is 1.61. The van der Waals surface area contributed by atoms with Crippen molar-refractivity contribution in [2.45, 2.75) is 51.5 Å². The zero-order valence-electron chi connectivity index (χ0n) is 12.2. The molecule has 2 N–H and O–H groups in total. The van der Waals surface area contributed by atoms with Crippen LogP contribution in [0.25, 0.3) is 0 Å². The second-order valence-corrected chi connectivity index (χ2v) is 6.64. The van der Waals surface area contributed by atoms with E-state index in [4.69, 9.17) is 5.73 Å². The second-order valence-electron chi connectivity index (χ2n) is 6.64. The van der Waals surface area contributed by atoms with Crippen LogP contribution in [0, 0.1) is 11.2 Å². The van der Waals surface area contributed by atoms with Gasteiger partial charge in [-0.15, -0.1) is 0 Å². The Morgan fingerprint density at radius 1 is 1.05 bits per heavy atom. The lowest BCUT2D eigenvalue weighted by atomic mass is 9.68. The number of nitrogens with zero attached hydrogens (tertiary/aromatic N) is 1. The zero-order chi connectivity index (χ0) is 14.0. The molecule has 3 heteroatoms. The molecule has 2 fully saturated rings. The molecule has 0 bridgehead atoms. The van der Waals surface area contributed by atoms with E-state index < -0.39 is 0 Å². The number of nitrogen functional groups attached to an aromatic ring is 1. The highest BCUT2D eigenvalue weighted by Crippen LogP contribution is 2.44. The molecule has 1 aliphatic carbocycles. The van der Waals surface area contributed by atoms with Crippen molar-refractivity contribution in [3.63, 3.8) is 0 Å². The van der Waals surface area contributed by atoms with E-state index in [2.05, 4.69) is 4.90 Å². The van der Waals surface area contributed by atoms with Crippen LogP contribution in [0.2, 0.25) is 0 Å². The Morgan fingerprint density at radius 2 is 1.75 bits per heavy atom. The van der Waals surface area contributed by atoms with Crippen molar-refractivity contribution in [3.05, 3.63) is 29.6 Å². The Morgan fingerprint density at radius 3 is 2.40 bits per heavy atom.